The highest BCUT2D eigenvalue weighted by Gasteiger charge is 2.19. The molecule has 0 aliphatic rings. The summed E-state index contributed by atoms with van der Waals surface area (Å²) in [7, 11) is 1.64. The van der Waals surface area contributed by atoms with E-state index in [-0.39, 0.29) is 5.95 Å². The second-order valence-electron chi connectivity index (χ2n) is 7.03. The molecule has 0 amide bonds. The lowest BCUT2D eigenvalue weighted by molar-refractivity contribution is 0.181. The number of ether oxygens (including phenoxy) is 1. The number of nitrogens with zero attached hydrogens (tertiary/aromatic N) is 7. The molecule has 0 aliphatic carbocycles. The Morgan fingerprint density at radius 3 is 2.62 bits per heavy atom. The molecule has 0 radical (unpaired) electrons. The first-order valence-electron chi connectivity index (χ1n) is 9.67. The number of nitrogen functional groups attached to an aromatic ring is 1. The fraction of sp³-hybridized carbons (Fsp3) is 0.182. The van der Waals surface area contributed by atoms with Gasteiger partial charge >= 0.3 is 0 Å². The number of rotatable bonds is 6. The van der Waals surface area contributed by atoms with E-state index in [1.807, 2.05) is 37.3 Å². The highest BCUT2D eigenvalue weighted by molar-refractivity contribution is 14.1. The van der Waals surface area contributed by atoms with Crippen LogP contribution < -0.4 is 5.73 Å². The van der Waals surface area contributed by atoms with E-state index in [2.05, 4.69) is 53.9 Å². The van der Waals surface area contributed by atoms with E-state index in [9.17, 15) is 5.26 Å². The van der Waals surface area contributed by atoms with Gasteiger partial charge in [0.05, 0.1) is 48.1 Å². The van der Waals surface area contributed by atoms with Crippen LogP contribution in [0.25, 0.3) is 22.6 Å². The molecule has 32 heavy (non-hydrogen) atoms. The lowest BCUT2D eigenvalue weighted by Gasteiger charge is -2.12. The molecule has 0 spiro atoms. The highest BCUT2D eigenvalue weighted by Crippen LogP contribution is 2.33. The number of nitrogens with two attached hydrogens (primary N) is 1. The lowest BCUT2D eigenvalue weighted by atomic mass is 10.00. The Morgan fingerprint density at radius 2 is 1.84 bits per heavy atom. The van der Waals surface area contributed by atoms with Gasteiger partial charge in [-0.15, -0.1) is 5.10 Å². The molecule has 3 heterocycles. The van der Waals surface area contributed by atoms with Crippen LogP contribution in [0.3, 0.4) is 0 Å². The quantitative estimate of drug-likeness (QED) is 0.370. The summed E-state index contributed by atoms with van der Waals surface area (Å²) in [4.78, 5) is 13.4. The summed E-state index contributed by atoms with van der Waals surface area (Å²) in [5.41, 5.74) is 11.5. The van der Waals surface area contributed by atoms with Gasteiger partial charge in [-0.1, -0.05) is 17.3 Å². The minimum absolute atomic E-state index is 0.104. The molecule has 0 atom stereocenters. The summed E-state index contributed by atoms with van der Waals surface area (Å²) in [6, 6.07) is 13.5. The van der Waals surface area contributed by atoms with E-state index in [0.717, 1.165) is 26.1 Å². The Hall–Kier alpha value is -3.43. The van der Waals surface area contributed by atoms with Crippen molar-refractivity contribution in [3.8, 4) is 28.7 Å². The molecule has 0 unspecified atom stereocenters. The number of methoxy groups -OCH3 is 1. The van der Waals surface area contributed by atoms with Crippen LogP contribution in [0.2, 0.25) is 0 Å². The number of nitriles is 1. The molecule has 0 aliphatic heterocycles. The number of benzene rings is 1. The molecule has 160 valence electrons. The summed E-state index contributed by atoms with van der Waals surface area (Å²) < 4.78 is 7.74. The second kappa shape index (κ2) is 9.37. The highest BCUT2D eigenvalue weighted by atomic mass is 127. The van der Waals surface area contributed by atoms with Crippen molar-refractivity contribution in [2.45, 2.75) is 20.1 Å². The summed E-state index contributed by atoms with van der Waals surface area (Å²) >= 11 is 2.19. The van der Waals surface area contributed by atoms with Gasteiger partial charge in [0.1, 0.15) is 11.4 Å². The van der Waals surface area contributed by atoms with Crippen LogP contribution in [-0.2, 0) is 17.9 Å². The van der Waals surface area contributed by atoms with Crippen LogP contribution in [0.4, 0.5) is 5.95 Å². The van der Waals surface area contributed by atoms with Crippen molar-refractivity contribution >= 4 is 28.5 Å². The monoisotopic (exact) mass is 538 g/mol. The van der Waals surface area contributed by atoms with Crippen molar-refractivity contribution in [3.05, 3.63) is 68.7 Å². The van der Waals surface area contributed by atoms with Crippen LogP contribution in [0.1, 0.15) is 22.5 Å². The zero-order valence-corrected chi connectivity index (χ0v) is 19.6. The summed E-state index contributed by atoms with van der Waals surface area (Å²) in [6.45, 7) is 2.79. The van der Waals surface area contributed by atoms with Gasteiger partial charge in [-0.3, -0.25) is 4.98 Å². The Bertz CT molecular complexity index is 1330. The van der Waals surface area contributed by atoms with Gasteiger partial charge in [0.2, 0.25) is 5.95 Å². The molecule has 9 nitrogen and oxygen atoms in total. The van der Waals surface area contributed by atoms with Crippen LogP contribution in [-0.4, -0.2) is 37.1 Å². The average molecular weight is 538 g/mol. The number of halogens is 1. The van der Waals surface area contributed by atoms with Crippen molar-refractivity contribution in [1.29, 1.82) is 5.26 Å². The van der Waals surface area contributed by atoms with Gasteiger partial charge in [0, 0.05) is 21.8 Å². The van der Waals surface area contributed by atoms with Gasteiger partial charge in [-0.2, -0.15) is 5.26 Å². The molecule has 10 heteroatoms. The average Bonchev–Trinajstić information content (AvgIpc) is 3.24. The van der Waals surface area contributed by atoms with Crippen LogP contribution >= 0.6 is 22.6 Å². The van der Waals surface area contributed by atoms with Gasteiger partial charge < -0.3 is 10.5 Å². The van der Waals surface area contributed by atoms with Crippen LogP contribution in [0, 0.1) is 21.8 Å². The number of pyridine rings is 1. The normalized spacial score (nSPS) is 10.8. The second-order valence-corrected chi connectivity index (χ2v) is 8.20. The molecule has 0 fully saturated rings. The van der Waals surface area contributed by atoms with Crippen molar-refractivity contribution in [2.24, 2.45) is 0 Å². The predicted octanol–water partition coefficient (Wildman–Crippen LogP) is 3.36. The predicted molar refractivity (Wildman–Crippen MR) is 127 cm³/mol. The van der Waals surface area contributed by atoms with Gasteiger partial charge in [-0.25, -0.2) is 14.6 Å². The maximum atomic E-state index is 9.58. The Kier molecular flexibility index (Phi) is 6.38. The van der Waals surface area contributed by atoms with Crippen LogP contribution in [0.5, 0.6) is 0 Å². The molecule has 0 saturated heterocycles. The van der Waals surface area contributed by atoms with E-state index < -0.39 is 0 Å². The van der Waals surface area contributed by atoms with E-state index in [1.165, 1.54) is 0 Å². The zero-order chi connectivity index (χ0) is 22.7. The molecule has 0 saturated carbocycles. The summed E-state index contributed by atoms with van der Waals surface area (Å²) in [6.07, 6.45) is 1.80. The molecule has 0 bridgehead atoms. The fourth-order valence-corrected chi connectivity index (χ4v) is 4.13. The molecule has 4 rings (SSSR count). The minimum atomic E-state index is 0.104. The maximum absolute atomic E-state index is 9.58. The summed E-state index contributed by atoms with van der Waals surface area (Å²) in [5.74, 6) is 0.104. The first-order chi connectivity index (χ1) is 15.5. The third kappa shape index (κ3) is 4.44. The minimum Gasteiger partial charge on any atom is -0.378 e. The standard InChI is InChI=1S/C22H19IN8O/c1-13-20(27-22(25)28-21(13)19-14(9-24)5-3-8-17(19)23)18-11-31(30-29-18)10-15-6-4-7-16(26-15)12-32-2/h3-8,11H,10,12H2,1-2H3,(H2,25,27,28). The van der Waals surface area contributed by atoms with Gasteiger partial charge in [0.25, 0.3) is 0 Å². The molecule has 4 aromatic rings. The van der Waals surface area contributed by atoms with Crippen molar-refractivity contribution in [3.63, 3.8) is 0 Å². The first kappa shape index (κ1) is 21.8. The molecular formula is C22H19IN8O. The zero-order valence-electron chi connectivity index (χ0n) is 17.4. The van der Waals surface area contributed by atoms with Crippen molar-refractivity contribution < 1.29 is 4.74 Å². The van der Waals surface area contributed by atoms with Gasteiger partial charge in [0.15, 0.2) is 0 Å². The Labute approximate surface area is 198 Å². The number of anilines is 1. The molecule has 2 N–H and O–H groups in total. The van der Waals surface area contributed by atoms with E-state index in [4.69, 9.17) is 10.5 Å². The van der Waals surface area contributed by atoms with E-state index in [1.54, 1.807) is 24.1 Å². The third-order valence-electron chi connectivity index (χ3n) is 4.80. The Morgan fingerprint density at radius 1 is 1.09 bits per heavy atom. The molecule has 1 aromatic carbocycles. The first-order valence-corrected chi connectivity index (χ1v) is 10.8. The van der Waals surface area contributed by atoms with Crippen molar-refractivity contribution in [2.75, 3.05) is 12.8 Å². The molecular weight excluding hydrogens is 519 g/mol. The SMILES string of the molecule is COCc1cccc(Cn2cc(-c3nc(N)nc(-c4c(I)cccc4C#N)c3C)nn2)n1. The molecule has 3 aromatic heterocycles. The largest absolute Gasteiger partial charge is 0.378 e. The number of aromatic nitrogens is 6. The lowest BCUT2D eigenvalue weighted by Crippen LogP contribution is -2.05. The van der Waals surface area contributed by atoms with E-state index >= 15 is 0 Å². The van der Waals surface area contributed by atoms with Gasteiger partial charge in [-0.05, 0) is 53.8 Å². The topological polar surface area (TPSA) is 128 Å². The number of hydrogen-bond acceptors (Lipinski definition) is 8. The third-order valence-corrected chi connectivity index (χ3v) is 5.69. The summed E-state index contributed by atoms with van der Waals surface area (Å²) in [5, 5.41) is 18.1. The van der Waals surface area contributed by atoms with E-state index in [0.29, 0.717) is 35.8 Å². The van der Waals surface area contributed by atoms with Crippen LogP contribution in [0.15, 0.2) is 42.6 Å². The fourth-order valence-electron chi connectivity index (χ4n) is 3.38. The number of hydrogen-bond donors (Lipinski definition) is 1. The smallest absolute Gasteiger partial charge is 0.221 e. The van der Waals surface area contributed by atoms with Crippen molar-refractivity contribution in [1.82, 2.24) is 29.9 Å². The maximum Gasteiger partial charge on any atom is 0.221 e. The Balaban J connectivity index is 1.71.